The van der Waals surface area contributed by atoms with Gasteiger partial charge in [0.2, 0.25) is 0 Å². The Bertz CT molecular complexity index is 883. The van der Waals surface area contributed by atoms with Gasteiger partial charge in [-0.3, -0.25) is 9.48 Å². The molecular formula is C18H19ClN4O2S. The first-order valence-corrected chi connectivity index (χ1v) is 9.90. The second-order valence-corrected chi connectivity index (χ2v) is 7.78. The maximum atomic E-state index is 13.2. The lowest BCUT2D eigenvalue weighted by Gasteiger charge is -2.28. The highest BCUT2D eigenvalue weighted by Crippen LogP contribution is 2.34. The molecule has 1 amide bonds. The lowest BCUT2D eigenvalue weighted by Crippen LogP contribution is -2.36. The molecule has 26 heavy (non-hydrogen) atoms. The number of aryl methyl sites for hydroxylation is 1. The van der Waals surface area contributed by atoms with Crippen LogP contribution in [-0.2, 0) is 7.05 Å². The number of likely N-dealkylation sites (tertiary alicyclic amines) is 1. The van der Waals surface area contributed by atoms with Crippen LogP contribution < -0.4 is 0 Å². The highest BCUT2D eigenvalue weighted by molar-refractivity contribution is 7.13. The van der Waals surface area contributed by atoms with Crippen LogP contribution >= 0.6 is 22.9 Å². The summed E-state index contributed by atoms with van der Waals surface area (Å²) in [5, 5.41) is 10.8. The molecule has 6 nitrogen and oxygen atoms in total. The molecule has 1 saturated heterocycles. The van der Waals surface area contributed by atoms with Crippen LogP contribution in [-0.4, -0.2) is 32.3 Å². The van der Waals surface area contributed by atoms with Crippen LogP contribution in [0.1, 0.15) is 47.9 Å². The first-order chi connectivity index (χ1) is 12.6. The van der Waals surface area contributed by atoms with Gasteiger partial charge in [0.25, 0.3) is 5.91 Å². The molecule has 8 heteroatoms. The van der Waals surface area contributed by atoms with E-state index in [0.717, 1.165) is 42.0 Å². The van der Waals surface area contributed by atoms with Crippen molar-refractivity contribution in [3.63, 3.8) is 0 Å². The third kappa shape index (κ3) is 3.17. The average Bonchev–Trinajstić information content (AvgIpc) is 3.34. The van der Waals surface area contributed by atoms with Crippen molar-refractivity contribution in [1.82, 2.24) is 19.8 Å². The molecule has 3 aromatic heterocycles. The van der Waals surface area contributed by atoms with Crippen molar-refractivity contribution in [1.29, 1.82) is 0 Å². The van der Waals surface area contributed by atoms with E-state index in [1.165, 1.54) is 10.9 Å². The zero-order valence-corrected chi connectivity index (χ0v) is 16.0. The average molecular weight is 391 g/mol. The number of carbonyl (C=O) groups is 1. The SMILES string of the molecule is Cn1ncc(Cl)c1C(=O)N1CCCCCC1c1cc(-c2cccs2)on1. The van der Waals surface area contributed by atoms with Crippen molar-refractivity contribution in [2.24, 2.45) is 7.05 Å². The van der Waals surface area contributed by atoms with Crippen molar-refractivity contribution in [3.05, 3.63) is 46.2 Å². The van der Waals surface area contributed by atoms with E-state index in [0.29, 0.717) is 17.3 Å². The minimum atomic E-state index is -0.117. The summed E-state index contributed by atoms with van der Waals surface area (Å²) in [4.78, 5) is 16.1. The molecule has 136 valence electrons. The Morgan fingerprint density at radius 3 is 3.00 bits per heavy atom. The van der Waals surface area contributed by atoms with Gasteiger partial charge < -0.3 is 9.42 Å². The number of halogens is 1. The third-order valence-electron chi connectivity index (χ3n) is 4.74. The summed E-state index contributed by atoms with van der Waals surface area (Å²) in [6.07, 6.45) is 5.47. The van der Waals surface area contributed by atoms with Gasteiger partial charge >= 0.3 is 0 Å². The van der Waals surface area contributed by atoms with Crippen LogP contribution in [0, 0.1) is 0 Å². The molecule has 0 aliphatic carbocycles. The molecule has 0 aromatic carbocycles. The Kier molecular flexibility index (Phi) is 4.82. The summed E-state index contributed by atoms with van der Waals surface area (Å²) in [6.45, 7) is 0.673. The molecular weight excluding hydrogens is 372 g/mol. The van der Waals surface area contributed by atoms with Gasteiger partial charge in [-0.1, -0.05) is 35.7 Å². The fraction of sp³-hybridized carbons (Fsp3) is 0.389. The molecule has 0 bridgehead atoms. The van der Waals surface area contributed by atoms with E-state index >= 15 is 0 Å². The first kappa shape index (κ1) is 17.3. The zero-order valence-electron chi connectivity index (χ0n) is 14.4. The van der Waals surface area contributed by atoms with Crippen molar-refractivity contribution >= 4 is 28.8 Å². The largest absolute Gasteiger partial charge is 0.355 e. The van der Waals surface area contributed by atoms with E-state index in [4.69, 9.17) is 16.1 Å². The standard InChI is InChI=1S/C18H19ClN4O2S/c1-22-17(12(19)11-20-22)18(24)23-8-4-2-3-6-14(23)13-10-15(25-21-13)16-7-5-9-26-16/h5,7,9-11,14H,2-4,6,8H2,1H3. The Morgan fingerprint density at radius 1 is 1.38 bits per heavy atom. The Labute approximate surface area is 160 Å². The maximum Gasteiger partial charge on any atom is 0.274 e. The number of carbonyl (C=O) groups excluding carboxylic acids is 1. The third-order valence-corrected chi connectivity index (χ3v) is 5.91. The van der Waals surface area contributed by atoms with E-state index in [1.54, 1.807) is 18.4 Å². The van der Waals surface area contributed by atoms with E-state index in [9.17, 15) is 4.79 Å². The van der Waals surface area contributed by atoms with Gasteiger partial charge in [0.05, 0.1) is 22.1 Å². The topological polar surface area (TPSA) is 64.2 Å². The summed E-state index contributed by atoms with van der Waals surface area (Å²) in [5.41, 5.74) is 1.21. The van der Waals surface area contributed by atoms with Gasteiger partial charge in [-0.25, -0.2) is 0 Å². The van der Waals surface area contributed by atoms with Crippen LogP contribution in [0.25, 0.3) is 10.6 Å². The molecule has 1 aliphatic heterocycles. The van der Waals surface area contributed by atoms with Gasteiger partial charge in [-0.15, -0.1) is 11.3 Å². The van der Waals surface area contributed by atoms with Crippen LogP contribution in [0.4, 0.5) is 0 Å². The second kappa shape index (κ2) is 7.25. The van der Waals surface area contributed by atoms with Crippen LogP contribution in [0.2, 0.25) is 5.02 Å². The van der Waals surface area contributed by atoms with Crippen LogP contribution in [0.15, 0.2) is 34.3 Å². The summed E-state index contributed by atoms with van der Waals surface area (Å²) in [6, 6.07) is 5.81. The Morgan fingerprint density at radius 2 is 2.27 bits per heavy atom. The number of hydrogen-bond donors (Lipinski definition) is 0. The molecule has 1 unspecified atom stereocenters. The predicted octanol–water partition coefficient (Wildman–Crippen LogP) is 4.55. The molecule has 0 N–H and O–H groups in total. The van der Waals surface area contributed by atoms with Crippen molar-refractivity contribution in [3.8, 4) is 10.6 Å². The summed E-state index contributed by atoms with van der Waals surface area (Å²) in [7, 11) is 1.73. The molecule has 1 atom stereocenters. The van der Waals surface area contributed by atoms with Crippen molar-refractivity contribution in [2.45, 2.75) is 31.7 Å². The zero-order chi connectivity index (χ0) is 18.1. The van der Waals surface area contributed by atoms with Gasteiger partial charge in [0, 0.05) is 19.7 Å². The van der Waals surface area contributed by atoms with Gasteiger partial charge in [0.15, 0.2) is 5.76 Å². The quantitative estimate of drug-likeness (QED) is 0.658. The van der Waals surface area contributed by atoms with E-state index in [-0.39, 0.29) is 11.9 Å². The number of amides is 1. The number of nitrogens with zero attached hydrogens (tertiary/aromatic N) is 4. The summed E-state index contributed by atoms with van der Waals surface area (Å²) >= 11 is 7.81. The first-order valence-electron chi connectivity index (χ1n) is 8.64. The number of rotatable bonds is 3. The monoisotopic (exact) mass is 390 g/mol. The fourth-order valence-electron chi connectivity index (χ4n) is 3.43. The number of thiophene rings is 1. The highest BCUT2D eigenvalue weighted by Gasteiger charge is 2.32. The number of aromatic nitrogens is 3. The number of hydrogen-bond acceptors (Lipinski definition) is 5. The maximum absolute atomic E-state index is 13.2. The smallest absolute Gasteiger partial charge is 0.274 e. The molecule has 0 saturated carbocycles. The lowest BCUT2D eigenvalue weighted by molar-refractivity contribution is 0.0663. The predicted molar refractivity (Wildman–Crippen MR) is 100 cm³/mol. The molecule has 1 fully saturated rings. The molecule has 4 heterocycles. The minimum Gasteiger partial charge on any atom is -0.355 e. The molecule has 1 aliphatic rings. The second-order valence-electron chi connectivity index (χ2n) is 6.42. The summed E-state index contributed by atoms with van der Waals surface area (Å²) < 4.78 is 7.08. The lowest BCUT2D eigenvalue weighted by atomic mass is 10.1. The molecule has 0 radical (unpaired) electrons. The Hall–Kier alpha value is -2.12. The fourth-order valence-corrected chi connectivity index (χ4v) is 4.35. The van der Waals surface area contributed by atoms with Gasteiger partial charge in [0.1, 0.15) is 11.4 Å². The van der Waals surface area contributed by atoms with Crippen molar-refractivity contribution in [2.75, 3.05) is 6.54 Å². The molecule has 0 spiro atoms. The van der Waals surface area contributed by atoms with Gasteiger partial charge in [-0.05, 0) is 24.3 Å². The normalized spacial score (nSPS) is 18.1. The van der Waals surface area contributed by atoms with E-state index in [2.05, 4.69) is 10.3 Å². The molecule has 3 aromatic rings. The Balaban J connectivity index is 1.67. The van der Waals surface area contributed by atoms with E-state index < -0.39 is 0 Å². The van der Waals surface area contributed by atoms with Crippen LogP contribution in [0.5, 0.6) is 0 Å². The van der Waals surface area contributed by atoms with E-state index in [1.807, 2.05) is 28.5 Å². The van der Waals surface area contributed by atoms with Gasteiger partial charge in [-0.2, -0.15) is 5.10 Å². The molecule has 4 rings (SSSR count). The summed E-state index contributed by atoms with van der Waals surface area (Å²) in [5.74, 6) is 0.632. The van der Waals surface area contributed by atoms with Crippen molar-refractivity contribution < 1.29 is 9.32 Å². The highest BCUT2D eigenvalue weighted by atomic mass is 35.5. The minimum absolute atomic E-state index is 0.109. The van der Waals surface area contributed by atoms with Crippen LogP contribution in [0.3, 0.4) is 0 Å².